The number of nitrogens with two attached hydrogens (primary N) is 1. The van der Waals surface area contributed by atoms with Crippen molar-refractivity contribution in [2.75, 3.05) is 36.9 Å². The second-order valence-corrected chi connectivity index (χ2v) is 8.99. The van der Waals surface area contributed by atoms with Crippen LogP contribution in [-0.2, 0) is 21.1 Å². The molecule has 1 aromatic rings. The van der Waals surface area contributed by atoms with E-state index in [1.807, 2.05) is 20.8 Å². The summed E-state index contributed by atoms with van der Waals surface area (Å²) in [4.78, 5) is 25.1. The van der Waals surface area contributed by atoms with Gasteiger partial charge >= 0.3 is 0 Å². The summed E-state index contributed by atoms with van der Waals surface area (Å²) in [5.74, 6) is 0.321. The predicted molar refractivity (Wildman–Crippen MR) is 94.8 cm³/mol. The summed E-state index contributed by atoms with van der Waals surface area (Å²) in [7, 11) is -3.11. The van der Waals surface area contributed by atoms with Crippen LogP contribution in [-0.4, -0.2) is 77.3 Å². The van der Waals surface area contributed by atoms with E-state index in [2.05, 4.69) is 14.9 Å². The summed E-state index contributed by atoms with van der Waals surface area (Å²) in [6.07, 6.45) is 0.174. The van der Waals surface area contributed by atoms with Crippen LogP contribution in [0.25, 0.3) is 0 Å². The lowest BCUT2D eigenvalue weighted by atomic mass is 10.0. The standard InChI is InChI=1S/C16H25N5O3S/c1-4-20-5-6-21(14-9-25(23,24)8-13(14)20)15(22)7-12-10(2)18-16(17)19-11(12)3/h13-14H,4-9H2,1-3H3,(H2,17,18,19)/t13-,14+/m0/s1. The Kier molecular flexibility index (Phi) is 4.72. The fourth-order valence-electron chi connectivity index (χ4n) is 4.00. The quantitative estimate of drug-likeness (QED) is 0.770. The van der Waals surface area contributed by atoms with Gasteiger partial charge in [0.15, 0.2) is 9.84 Å². The van der Waals surface area contributed by atoms with Gasteiger partial charge in [-0.05, 0) is 20.4 Å². The molecule has 8 nitrogen and oxygen atoms in total. The summed E-state index contributed by atoms with van der Waals surface area (Å²) < 4.78 is 24.3. The average molecular weight is 367 g/mol. The van der Waals surface area contributed by atoms with Crippen molar-refractivity contribution in [3.8, 4) is 0 Å². The maximum Gasteiger partial charge on any atom is 0.227 e. The van der Waals surface area contributed by atoms with E-state index < -0.39 is 9.84 Å². The monoisotopic (exact) mass is 367 g/mol. The van der Waals surface area contributed by atoms with E-state index in [0.717, 1.165) is 12.1 Å². The number of nitrogens with zero attached hydrogens (tertiary/aromatic N) is 4. The number of aromatic nitrogens is 2. The number of rotatable bonds is 3. The van der Waals surface area contributed by atoms with Crippen LogP contribution in [0.2, 0.25) is 0 Å². The van der Waals surface area contributed by atoms with Crippen molar-refractivity contribution in [3.05, 3.63) is 17.0 Å². The van der Waals surface area contributed by atoms with Crippen LogP contribution in [0.15, 0.2) is 0 Å². The minimum atomic E-state index is -3.11. The van der Waals surface area contributed by atoms with Crippen LogP contribution in [0.1, 0.15) is 23.9 Å². The molecular formula is C16H25N5O3S. The molecule has 0 bridgehead atoms. The Bertz CT molecular complexity index is 772. The fraction of sp³-hybridized carbons (Fsp3) is 0.688. The zero-order valence-electron chi connectivity index (χ0n) is 14.9. The first-order valence-corrected chi connectivity index (χ1v) is 10.4. The van der Waals surface area contributed by atoms with Gasteiger partial charge in [-0.25, -0.2) is 18.4 Å². The van der Waals surface area contributed by atoms with Gasteiger partial charge in [-0.15, -0.1) is 0 Å². The number of carbonyl (C=O) groups is 1. The number of fused-ring (bicyclic) bond motifs is 1. The maximum absolute atomic E-state index is 12.9. The first-order chi connectivity index (χ1) is 11.7. The third-order valence-electron chi connectivity index (χ3n) is 5.28. The third-order valence-corrected chi connectivity index (χ3v) is 6.98. The highest BCUT2D eigenvalue weighted by Gasteiger charge is 2.47. The molecule has 0 spiro atoms. The second kappa shape index (κ2) is 6.53. The summed E-state index contributed by atoms with van der Waals surface area (Å²) in [5, 5.41) is 0. The van der Waals surface area contributed by atoms with Gasteiger partial charge in [0.2, 0.25) is 11.9 Å². The molecular weight excluding hydrogens is 342 g/mol. The van der Waals surface area contributed by atoms with Gasteiger partial charge in [-0.3, -0.25) is 9.69 Å². The Morgan fingerprint density at radius 1 is 1.16 bits per heavy atom. The molecule has 1 aromatic heterocycles. The van der Waals surface area contributed by atoms with Gasteiger partial charge in [0, 0.05) is 36.1 Å². The predicted octanol–water partition coefficient (Wildman–Crippen LogP) is -0.452. The number of likely N-dealkylation sites (N-methyl/N-ethyl adjacent to an activating group) is 1. The van der Waals surface area contributed by atoms with Gasteiger partial charge in [0.05, 0.1) is 24.0 Å². The molecule has 2 aliphatic heterocycles. The number of amides is 1. The van der Waals surface area contributed by atoms with Gasteiger partial charge in [0.25, 0.3) is 0 Å². The normalized spacial score (nSPS) is 25.8. The van der Waals surface area contributed by atoms with Crippen molar-refractivity contribution < 1.29 is 13.2 Å². The van der Waals surface area contributed by atoms with Crippen molar-refractivity contribution in [1.82, 2.24) is 19.8 Å². The first kappa shape index (κ1) is 18.1. The van der Waals surface area contributed by atoms with E-state index in [-0.39, 0.29) is 41.9 Å². The highest BCUT2D eigenvalue weighted by atomic mass is 32.2. The zero-order chi connectivity index (χ0) is 18.4. The molecule has 0 saturated carbocycles. The van der Waals surface area contributed by atoms with Crippen LogP contribution < -0.4 is 5.73 Å². The molecule has 138 valence electrons. The van der Waals surface area contributed by atoms with Crippen LogP contribution in [0.3, 0.4) is 0 Å². The molecule has 3 heterocycles. The lowest BCUT2D eigenvalue weighted by Gasteiger charge is -2.43. The van der Waals surface area contributed by atoms with Gasteiger partial charge < -0.3 is 10.6 Å². The topological polar surface area (TPSA) is 109 Å². The largest absolute Gasteiger partial charge is 0.368 e. The number of hydrogen-bond donors (Lipinski definition) is 1. The maximum atomic E-state index is 12.9. The Hall–Kier alpha value is -1.74. The molecule has 0 radical (unpaired) electrons. The van der Waals surface area contributed by atoms with Crippen LogP contribution in [0, 0.1) is 13.8 Å². The molecule has 2 atom stereocenters. The second-order valence-electron chi connectivity index (χ2n) is 6.84. The van der Waals surface area contributed by atoms with Crippen LogP contribution >= 0.6 is 0 Å². The number of carbonyl (C=O) groups excluding carboxylic acids is 1. The van der Waals surface area contributed by atoms with Crippen molar-refractivity contribution in [2.45, 2.75) is 39.3 Å². The van der Waals surface area contributed by atoms with Crippen molar-refractivity contribution in [1.29, 1.82) is 0 Å². The summed E-state index contributed by atoms with van der Waals surface area (Å²) in [6, 6.07) is -0.362. The summed E-state index contributed by atoms with van der Waals surface area (Å²) >= 11 is 0. The van der Waals surface area contributed by atoms with Crippen molar-refractivity contribution in [3.63, 3.8) is 0 Å². The molecule has 0 aliphatic carbocycles. The number of aryl methyl sites for hydroxylation is 2. The van der Waals surface area contributed by atoms with Gasteiger partial charge in [0.1, 0.15) is 0 Å². The number of anilines is 1. The molecule has 3 rings (SSSR count). The number of hydrogen-bond acceptors (Lipinski definition) is 7. The van der Waals surface area contributed by atoms with Crippen molar-refractivity contribution >= 4 is 21.7 Å². The van der Waals surface area contributed by atoms with E-state index in [1.54, 1.807) is 4.90 Å². The van der Waals surface area contributed by atoms with Gasteiger partial charge in [-0.1, -0.05) is 6.92 Å². The van der Waals surface area contributed by atoms with Crippen LogP contribution in [0.4, 0.5) is 5.95 Å². The van der Waals surface area contributed by atoms with E-state index in [4.69, 9.17) is 5.73 Å². The lowest BCUT2D eigenvalue weighted by Crippen LogP contribution is -2.60. The molecule has 2 saturated heterocycles. The molecule has 0 unspecified atom stereocenters. The first-order valence-electron chi connectivity index (χ1n) is 8.55. The van der Waals surface area contributed by atoms with Gasteiger partial charge in [-0.2, -0.15) is 0 Å². The number of sulfone groups is 1. The van der Waals surface area contributed by atoms with E-state index >= 15 is 0 Å². The highest BCUT2D eigenvalue weighted by molar-refractivity contribution is 7.91. The smallest absolute Gasteiger partial charge is 0.227 e. The minimum absolute atomic E-state index is 0.0517. The van der Waals surface area contributed by atoms with Crippen molar-refractivity contribution in [2.24, 2.45) is 0 Å². The summed E-state index contributed by atoms with van der Waals surface area (Å²) in [6.45, 7) is 7.70. The zero-order valence-corrected chi connectivity index (χ0v) is 15.7. The van der Waals surface area contributed by atoms with E-state index in [0.29, 0.717) is 24.5 Å². The number of nitrogen functional groups attached to an aromatic ring is 1. The fourth-order valence-corrected chi connectivity index (χ4v) is 6.01. The van der Waals surface area contributed by atoms with E-state index in [1.165, 1.54) is 0 Å². The average Bonchev–Trinajstić information content (AvgIpc) is 2.84. The molecule has 2 N–H and O–H groups in total. The SMILES string of the molecule is CCN1CCN(C(=O)Cc2c(C)nc(N)nc2C)[C@@H]2CS(=O)(=O)C[C@@H]21. The molecule has 0 aromatic carbocycles. The Morgan fingerprint density at radius 3 is 2.36 bits per heavy atom. The Balaban J connectivity index is 1.83. The molecule has 25 heavy (non-hydrogen) atoms. The Labute approximate surface area is 148 Å². The lowest BCUT2D eigenvalue weighted by molar-refractivity contribution is -0.136. The molecule has 1 amide bonds. The Morgan fingerprint density at radius 2 is 1.76 bits per heavy atom. The highest BCUT2D eigenvalue weighted by Crippen LogP contribution is 2.27. The summed E-state index contributed by atoms with van der Waals surface area (Å²) in [5.41, 5.74) is 7.81. The number of piperazine rings is 1. The molecule has 9 heteroatoms. The third kappa shape index (κ3) is 3.48. The van der Waals surface area contributed by atoms with Crippen LogP contribution in [0.5, 0.6) is 0 Å². The molecule has 2 fully saturated rings. The van der Waals surface area contributed by atoms with E-state index in [9.17, 15) is 13.2 Å². The molecule has 2 aliphatic rings. The minimum Gasteiger partial charge on any atom is -0.368 e.